The molecular formula is C24H23FN6O6S. The number of hydrogen-bond donors (Lipinski definition) is 1. The predicted octanol–water partition coefficient (Wildman–Crippen LogP) is 2.36. The summed E-state index contributed by atoms with van der Waals surface area (Å²) >= 11 is 1.05. The number of aliphatic carboxylic acids is 1. The van der Waals surface area contributed by atoms with Crippen LogP contribution in [-0.4, -0.2) is 48.9 Å². The number of halogens is 1. The molecule has 0 aliphatic heterocycles. The maximum Gasteiger partial charge on any atom is 0.333 e. The van der Waals surface area contributed by atoms with E-state index in [9.17, 15) is 23.9 Å². The van der Waals surface area contributed by atoms with Crippen LogP contribution in [0, 0.1) is 24.1 Å². The van der Waals surface area contributed by atoms with Gasteiger partial charge in [-0.05, 0) is 39.0 Å². The fourth-order valence-electron chi connectivity index (χ4n) is 4.10. The second-order valence-electron chi connectivity index (χ2n) is 8.77. The number of carboxylic acids is 1. The van der Waals surface area contributed by atoms with Gasteiger partial charge in [0, 0.05) is 11.1 Å². The lowest BCUT2D eigenvalue weighted by atomic mass is 10.1. The number of rotatable bonds is 9. The lowest BCUT2D eigenvalue weighted by Gasteiger charge is -2.25. The molecule has 12 nitrogen and oxygen atoms in total. The molecule has 3 heterocycles. The Bertz CT molecular complexity index is 1680. The Balaban J connectivity index is 2.06. The molecule has 38 heavy (non-hydrogen) atoms. The van der Waals surface area contributed by atoms with E-state index in [0.717, 1.165) is 11.3 Å². The summed E-state index contributed by atoms with van der Waals surface area (Å²) in [6.45, 7) is 3.44. The van der Waals surface area contributed by atoms with Crippen LogP contribution in [0.25, 0.3) is 15.2 Å². The number of carboxylic acid groups (broad SMARTS) is 1. The van der Waals surface area contributed by atoms with Crippen LogP contribution in [0.4, 0.5) is 4.39 Å². The van der Waals surface area contributed by atoms with Gasteiger partial charge in [0.25, 0.3) is 5.56 Å². The van der Waals surface area contributed by atoms with Gasteiger partial charge < -0.3 is 14.6 Å². The number of thiophene rings is 1. The van der Waals surface area contributed by atoms with Crippen molar-refractivity contribution in [3.05, 3.63) is 68.4 Å². The average molecular weight is 543 g/mol. The number of nitriles is 1. The van der Waals surface area contributed by atoms with E-state index in [4.69, 9.17) is 14.7 Å². The molecule has 0 radical (unpaired) electrons. The van der Waals surface area contributed by atoms with E-state index >= 15 is 0 Å². The Hall–Kier alpha value is -4.35. The Morgan fingerprint density at radius 2 is 1.97 bits per heavy atom. The molecular weight excluding hydrogens is 519 g/mol. The SMILES string of the molecule is COc1ccc(F)cc1[C@H](Cn1c(=O)n(C(C)(C)C(=O)O)c(=O)c2c(C)c(-n3nccn3)sc21)OCC#N. The first-order chi connectivity index (χ1) is 18.0. The largest absolute Gasteiger partial charge is 0.496 e. The Kier molecular flexibility index (Phi) is 7.16. The van der Waals surface area contributed by atoms with Crippen LogP contribution in [0.2, 0.25) is 0 Å². The predicted molar refractivity (Wildman–Crippen MR) is 134 cm³/mol. The number of aromatic nitrogens is 5. The number of methoxy groups -OCH3 is 1. The number of ether oxygens (including phenoxy) is 2. The summed E-state index contributed by atoms with van der Waals surface area (Å²) < 4.78 is 27.2. The highest BCUT2D eigenvalue weighted by atomic mass is 32.1. The smallest absolute Gasteiger partial charge is 0.333 e. The zero-order chi connectivity index (χ0) is 27.8. The molecule has 1 N–H and O–H groups in total. The number of aryl methyl sites for hydroxylation is 1. The first-order valence-corrected chi connectivity index (χ1v) is 12.1. The van der Waals surface area contributed by atoms with Gasteiger partial charge in [-0.25, -0.2) is 18.5 Å². The van der Waals surface area contributed by atoms with Crippen LogP contribution in [0.15, 0.2) is 40.2 Å². The van der Waals surface area contributed by atoms with Gasteiger partial charge >= 0.3 is 11.7 Å². The van der Waals surface area contributed by atoms with Gasteiger partial charge in [0.15, 0.2) is 0 Å². The Morgan fingerprint density at radius 1 is 1.29 bits per heavy atom. The lowest BCUT2D eigenvalue weighted by Crippen LogP contribution is -2.52. The monoisotopic (exact) mass is 542 g/mol. The van der Waals surface area contributed by atoms with Gasteiger partial charge in [0.1, 0.15) is 39.6 Å². The molecule has 0 spiro atoms. The fourth-order valence-corrected chi connectivity index (χ4v) is 5.32. The van der Waals surface area contributed by atoms with E-state index < -0.39 is 41.3 Å². The van der Waals surface area contributed by atoms with Crippen LogP contribution in [0.1, 0.15) is 31.1 Å². The summed E-state index contributed by atoms with van der Waals surface area (Å²) in [4.78, 5) is 41.1. The second-order valence-corrected chi connectivity index (χ2v) is 9.75. The van der Waals surface area contributed by atoms with E-state index in [1.807, 2.05) is 6.07 Å². The number of benzene rings is 1. The summed E-state index contributed by atoms with van der Waals surface area (Å²) in [6, 6.07) is 5.60. The van der Waals surface area contributed by atoms with Gasteiger partial charge in [-0.3, -0.25) is 9.36 Å². The summed E-state index contributed by atoms with van der Waals surface area (Å²) in [6.07, 6.45) is 1.82. The molecule has 0 aliphatic rings. The van der Waals surface area contributed by atoms with Crippen molar-refractivity contribution in [2.24, 2.45) is 0 Å². The highest BCUT2D eigenvalue weighted by Gasteiger charge is 2.36. The van der Waals surface area contributed by atoms with E-state index in [1.54, 1.807) is 6.92 Å². The molecule has 0 bridgehead atoms. The van der Waals surface area contributed by atoms with Gasteiger partial charge in [-0.2, -0.15) is 15.5 Å². The molecule has 198 valence electrons. The number of hydrogen-bond acceptors (Lipinski definition) is 9. The van der Waals surface area contributed by atoms with Crippen LogP contribution >= 0.6 is 11.3 Å². The first kappa shape index (κ1) is 26.7. The minimum absolute atomic E-state index is 0.0986. The average Bonchev–Trinajstić information content (AvgIpc) is 3.51. The fraction of sp³-hybridized carbons (Fsp3) is 0.333. The highest BCUT2D eigenvalue weighted by Crippen LogP contribution is 2.34. The van der Waals surface area contributed by atoms with Crippen LogP contribution in [-0.2, 0) is 21.6 Å². The lowest BCUT2D eigenvalue weighted by molar-refractivity contribution is -0.146. The minimum Gasteiger partial charge on any atom is -0.496 e. The topological polar surface area (TPSA) is 154 Å². The van der Waals surface area contributed by atoms with Gasteiger partial charge in [-0.15, -0.1) is 4.80 Å². The zero-order valence-corrected chi connectivity index (χ0v) is 21.7. The molecule has 4 rings (SSSR count). The molecule has 1 aromatic carbocycles. The third kappa shape index (κ3) is 4.46. The van der Waals surface area contributed by atoms with E-state index in [1.165, 1.54) is 60.9 Å². The van der Waals surface area contributed by atoms with Crippen LogP contribution < -0.4 is 16.0 Å². The summed E-state index contributed by atoms with van der Waals surface area (Å²) in [7, 11) is 1.38. The van der Waals surface area contributed by atoms with Crippen molar-refractivity contribution in [3.63, 3.8) is 0 Å². The Morgan fingerprint density at radius 3 is 2.58 bits per heavy atom. The van der Waals surface area contributed by atoms with Gasteiger partial charge in [0.05, 0.1) is 37.5 Å². The maximum atomic E-state index is 14.2. The van der Waals surface area contributed by atoms with Crippen molar-refractivity contribution in [1.29, 1.82) is 5.26 Å². The summed E-state index contributed by atoms with van der Waals surface area (Å²) in [5.74, 6) is -1.74. The highest BCUT2D eigenvalue weighted by molar-refractivity contribution is 7.21. The van der Waals surface area contributed by atoms with Crippen molar-refractivity contribution in [2.75, 3.05) is 13.7 Å². The standard InChI is InChI=1S/C24H23FN6O6S/c1-13-18-19(32)30(24(2,3)22(33)34)23(35)29(21(18)38-20(13)31-27-8-9-28-31)12-17(37-10-7-26)15-11-14(25)5-6-16(15)36-4/h5-6,8-9,11,17H,10,12H2,1-4H3,(H,33,34)/t17-/m0/s1. The van der Waals surface area contributed by atoms with E-state index in [-0.39, 0.29) is 28.1 Å². The molecule has 0 fully saturated rings. The van der Waals surface area contributed by atoms with E-state index in [2.05, 4.69) is 10.2 Å². The summed E-state index contributed by atoms with van der Waals surface area (Å²) in [5, 5.41) is 27.8. The van der Waals surface area contributed by atoms with Crippen molar-refractivity contribution >= 4 is 27.5 Å². The minimum atomic E-state index is -1.91. The third-order valence-electron chi connectivity index (χ3n) is 6.11. The Labute approximate surface area is 218 Å². The van der Waals surface area contributed by atoms with Gasteiger partial charge in [0.2, 0.25) is 0 Å². The maximum absolute atomic E-state index is 14.2. The normalized spacial score (nSPS) is 12.4. The molecule has 3 aromatic heterocycles. The third-order valence-corrected chi connectivity index (χ3v) is 7.39. The molecule has 4 aromatic rings. The van der Waals surface area contributed by atoms with E-state index in [0.29, 0.717) is 15.1 Å². The molecule has 0 amide bonds. The first-order valence-electron chi connectivity index (χ1n) is 11.2. The number of fused-ring (bicyclic) bond motifs is 1. The second kappa shape index (κ2) is 10.2. The van der Waals surface area contributed by atoms with Crippen molar-refractivity contribution in [2.45, 2.75) is 39.0 Å². The zero-order valence-electron chi connectivity index (χ0n) is 20.8. The summed E-state index contributed by atoms with van der Waals surface area (Å²) in [5.41, 5.74) is -2.97. The van der Waals surface area contributed by atoms with Crippen LogP contribution in [0.5, 0.6) is 5.75 Å². The quantitative estimate of drug-likeness (QED) is 0.336. The molecule has 1 atom stereocenters. The number of nitrogens with zero attached hydrogens (tertiary/aromatic N) is 6. The molecule has 0 saturated carbocycles. The van der Waals surface area contributed by atoms with Crippen molar-refractivity contribution < 1.29 is 23.8 Å². The van der Waals surface area contributed by atoms with Gasteiger partial charge in [-0.1, -0.05) is 11.3 Å². The molecule has 0 saturated heterocycles. The molecule has 0 unspecified atom stereocenters. The number of carbonyl (C=O) groups is 1. The molecule has 14 heteroatoms. The molecule has 0 aliphatic carbocycles. The van der Waals surface area contributed by atoms with Crippen molar-refractivity contribution in [1.82, 2.24) is 24.1 Å². The van der Waals surface area contributed by atoms with Crippen LogP contribution in [0.3, 0.4) is 0 Å². The van der Waals surface area contributed by atoms with Crippen molar-refractivity contribution in [3.8, 4) is 16.8 Å².